The standard InChI is InChI=1S/C21H30N2O/c1-5-23(6-2)21(18-11-13-20(24-4)14-12-18)16-22-15-19-10-8-7-9-17(19)3/h7-14,21-22H,5-6,15-16H2,1-4H3. The highest BCUT2D eigenvalue weighted by Gasteiger charge is 2.17. The Labute approximate surface area is 146 Å². The lowest BCUT2D eigenvalue weighted by atomic mass is 10.0. The molecule has 1 N–H and O–H groups in total. The van der Waals surface area contributed by atoms with Crippen LogP contribution in [0.2, 0.25) is 0 Å². The van der Waals surface area contributed by atoms with E-state index < -0.39 is 0 Å². The molecule has 1 atom stereocenters. The minimum absolute atomic E-state index is 0.370. The van der Waals surface area contributed by atoms with Crippen LogP contribution in [0.15, 0.2) is 48.5 Å². The molecule has 0 bridgehead atoms. The van der Waals surface area contributed by atoms with Crippen molar-refractivity contribution in [3.8, 4) is 5.75 Å². The molecule has 3 nitrogen and oxygen atoms in total. The summed E-state index contributed by atoms with van der Waals surface area (Å²) in [7, 11) is 1.71. The highest BCUT2D eigenvalue weighted by Crippen LogP contribution is 2.22. The van der Waals surface area contributed by atoms with Crippen LogP contribution in [-0.4, -0.2) is 31.6 Å². The third kappa shape index (κ3) is 4.83. The Balaban J connectivity index is 2.07. The summed E-state index contributed by atoms with van der Waals surface area (Å²) in [5.74, 6) is 0.907. The van der Waals surface area contributed by atoms with Crippen LogP contribution in [0.1, 0.15) is 36.6 Å². The number of likely N-dealkylation sites (N-methyl/N-ethyl adjacent to an activating group) is 1. The van der Waals surface area contributed by atoms with E-state index in [9.17, 15) is 0 Å². The van der Waals surface area contributed by atoms with E-state index in [4.69, 9.17) is 4.74 Å². The van der Waals surface area contributed by atoms with Crippen LogP contribution < -0.4 is 10.1 Å². The van der Waals surface area contributed by atoms with Crippen molar-refractivity contribution in [3.63, 3.8) is 0 Å². The van der Waals surface area contributed by atoms with Crippen molar-refractivity contribution in [2.45, 2.75) is 33.4 Å². The second-order valence-corrected chi connectivity index (χ2v) is 6.07. The van der Waals surface area contributed by atoms with Gasteiger partial charge in [-0.15, -0.1) is 0 Å². The fourth-order valence-electron chi connectivity index (χ4n) is 3.10. The van der Waals surface area contributed by atoms with Crippen LogP contribution in [0, 0.1) is 6.92 Å². The van der Waals surface area contributed by atoms with Gasteiger partial charge in [0.2, 0.25) is 0 Å². The molecule has 0 spiro atoms. The summed E-state index contributed by atoms with van der Waals surface area (Å²) in [6, 6.07) is 17.4. The third-order valence-corrected chi connectivity index (χ3v) is 4.67. The van der Waals surface area contributed by atoms with Crippen molar-refractivity contribution in [3.05, 3.63) is 65.2 Å². The zero-order valence-corrected chi connectivity index (χ0v) is 15.4. The molecule has 1 unspecified atom stereocenters. The van der Waals surface area contributed by atoms with Crippen LogP contribution in [0.5, 0.6) is 5.75 Å². The molecule has 0 fully saturated rings. The van der Waals surface area contributed by atoms with Gasteiger partial charge in [0, 0.05) is 19.1 Å². The number of rotatable bonds is 9. The number of aryl methyl sites for hydroxylation is 1. The molecule has 0 aliphatic carbocycles. The molecule has 0 aliphatic heterocycles. The van der Waals surface area contributed by atoms with Crippen LogP contribution in [0.4, 0.5) is 0 Å². The number of ether oxygens (including phenoxy) is 1. The number of hydrogen-bond acceptors (Lipinski definition) is 3. The molecule has 0 radical (unpaired) electrons. The number of methoxy groups -OCH3 is 1. The van der Waals surface area contributed by atoms with Gasteiger partial charge in [0.1, 0.15) is 5.75 Å². The fraction of sp³-hybridized carbons (Fsp3) is 0.429. The molecular formula is C21H30N2O. The van der Waals surface area contributed by atoms with Gasteiger partial charge in [-0.25, -0.2) is 0 Å². The maximum absolute atomic E-state index is 5.28. The molecule has 2 aromatic rings. The molecule has 3 heteroatoms. The predicted octanol–water partition coefficient (Wildman–Crippen LogP) is 4.18. The summed E-state index contributed by atoms with van der Waals surface area (Å²) in [6.07, 6.45) is 0. The second kappa shape index (κ2) is 9.45. The number of nitrogens with one attached hydrogen (secondary N) is 1. The Kier molecular flexibility index (Phi) is 7.29. The summed E-state index contributed by atoms with van der Waals surface area (Å²) in [5.41, 5.74) is 4.04. The van der Waals surface area contributed by atoms with Gasteiger partial charge in [-0.05, 0) is 48.8 Å². The van der Waals surface area contributed by atoms with Crippen molar-refractivity contribution in [1.29, 1.82) is 0 Å². The first kappa shape index (κ1) is 18.5. The smallest absolute Gasteiger partial charge is 0.118 e. The maximum Gasteiger partial charge on any atom is 0.118 e. The summed E-state index contributed by atoms with van der Waals surface area (Å²) in [6.45, 7) is 10.5. The second-order valence-electron chi connectivity index (χ2n) is 6.07. The first-order chi connectivity index (χ1) is 11.7. The van der Waals surface area contributed by atoms with Crippen molar-refractivity contribution in [1.82, 2.24) is 10.2 Å². The van der Waals surface area contributed by atoms with E-state index in [2.05, 4.69) is 67.4 Å². The van der Waals surface area contributed by atoms with E-state index in [1.54, 1.807) is 7.11 Å². The zero-order valence-electron chi connectivity index (χ0n) is 15.4. The quantitative estimate of drug-likeness (QED) is 0.748. The first-order valence-corrected chi connectivity index (χ1v) is 8.82. The highest BCUT2D eigenvalue weighted by atomic mass is 16.5. The van der Waals surface area contributed by atoms with Gasteiger partial charge in [-0.1, -0.05) is 50.2 Å². The molecule has 130 valence electrons. The lowest BCUT2D eigenvalue weighted by molar-refractivity contribution is 0.213. The topological polar surface area (TPSA) is 24.5 Å². The zero-order chi connectivity index (χ0) is 17.4. The fourth-order valence-corrected chi connectivity index (χ4v) is 3.10. The Morgan fingerprint density at radius 3 is 2.25 bits per heavy atom. The van der Waals surface area contributed by atoms with E-state index in [-0.39, 0.29) is 0 Å². The van der Waals surface area contributed by atoms with Gasteiger partial charge in [-0.2, -0.15) is 0 Å². The van der Waals surface area contributed by atoms with Crippen molar-refractivity contribution in [2.75, 3.05) is 26.7 Å². The first-order valence-electron chi connectivity index (χ1n) is 8.82. The SMILES string of the molecule is CCN(CC)C(CNCc1ccccc1C)c1ccc(OC)cc1. The Morgan fingerprint density at radius 2 is 1.67 bits per heavy atom. The van der Waals surface area contributed by atoms with E-state index in [1.807, 2.05) is 12.1 Å². The molecule has 2 rings (SSSR count). The number of hydrogen-bond donors (Lipinski definition) is 1. The van der Waals surface area contributed by atoms with Crippen molar-refractivity contribution >= 4 is 0 Å². The largest absolute Gasteiger partial charge is 0.497 e. The van der Waals surface area contributed by atoms with E-state index in [0.29, 0.717) is 6.04 Å². The van der Waals surface area contributed by atoms with Crippen LogP contribution >= 0.6 is 0 Å². The van der Waals surface area contributed by atoms with Gasteiger partial charge in [-0.3, -0.25) is 4.90 Å². The number of nitrogens with zero attached hydrogens (tertiary/aromatic N) is 1. The average molecular weight is 326 g/mol. The molecule has 0 heterocycles. The lowest BCUT2D eigenvalue weighted by Crippen LogP contribution is -2.35. The van der Waals surface area contributed by atoms with E-state index >= 15 is 0 Å². The van der Waals surface area contributed by atoms with Gasteiger partial charge >= 0.3 is 0 Å². The normalized spacial score (nSPS) is 12.4. The molecule has 24 heavy (non-hydrogen) atoms. The molecule has 0 saturated carbocycles. The highest BCUT2D eigenvalue weighted by molar-refractivity contribution is 5.29. The molecule has 0 amide bonds. The van der Waals surface area contributed by atoms with Gasteiger partial charge in [0.25, 0.3) is 0 Å². The van der Waals surface area contributed by atoms with Crippen molar-refractivity contribution < 1.29 is 4.74 Å². The monoisotopic (exact) mass is 326 g/mol. The minimum atomic E-state index is 0.370. The molecule has 0 aliphatic rings. The summed E-state index contributed by atoms with van der Waals surface area (Å²) >= 11 is 0. The van der Waals surface area contributed by atoms with Gasteiger partial charge in [0.05, 0.1) is 7.11 Å². The van der Waals surface area contributed by atoms with Crippen LogP contribution in [0.3, 0.4) is 0 Å². The Morgan fingerprint density at radius 1 is 1.00 bits per heavy atom. The summed E-state index contributed by atoms with van der Waals surface area (Å²) in [5, 5.41) is 3.65. The molecule has 0 saturated heterocycles. The van der Waals surface area contributed by atoms with E-state index in [1.165, 1.54) is 16.7 Å². The Hall–Kier alpha value is -1.84. The molecule has 2 aromatic carbocycles. The maximum atomic E-state index is 5.28. The van der Waals surface area contributed by atoms with Gasteiger partial charge < -0.3 is 10.1 Å². The Bertz CT molecular complexity index is 605. The lowest BCUT2D eigenvalue weighted by Gasteiger charge is -2.30. The predicted molar refractivity (Wildman–Crippen MR) is 102 cm³/mol. The van der Waals surface area contributed by atoms with Gasteiger partial charge in [0.15, 0.2) is 0 Å². The summed E-state index contributed by atoms with van der Waals surface area (Å²) in [4.78, 5) is 2.49. The van der Waals surface area contributed by atoms with Crippen LogP contribution in [-0.2, 0) is 6.54 Å². The third-order valence-electron chi connectivity index (χ3n) is 4.67. The average Bonchev–Trinajstić information content (AvgIpc) is 2.63. The van der Waals surface area contributed by atoms with Crippen molar-refractivity contribution in [2.24, 2.45) is 0 Å². The molecule has 0 aromatic heterocycles. The summed E-state index contributed by atoms with van der Waals surface area (Å²) < 4.78 is 5.28. The van der Waals surface area contributed by atoms with Crippen LogP contribution in [0.25, 0.3) is 0 Å². The minimum Gasteiger partial charge on any atom is -0.497 e. The van der Waals surface area contributed by atoms with E-state index in [0.717, 1.165) is 31.9 Å². The number of benzene rings is 2. The molecular weight excluding hydrogens is 296 g/mol.